The minimum absolute atomic E-state index is 0.124. The lowest BCUT2D eigenvalue weighted by Gasteiger charge is -2.37. The number of benzene rings is 1. The molecule has 1 aromatic heterocycles. The van der Waals surface area contributed by atoms with E-state index >= 15 is 0 Å². The monoisotopic (exact) mass is 352 g/mol. The Kier molecular flexibility index (Phi) is 4.57. The Morgan fingerprint density at radius 3 is 2.15 bits per heavy atom. The summed E-state index contributed by atoms with van der Waals surface area (Å²) in [6.07, 6.45) is 4.06. The normalized spacial score (nSPS) is 17.5. The van der Waals surface area contributed by atoms with Gasteiger partial charge in [-0.1, -0.05) is 6.07 Å². The summed E-state index contributed by atoms with van der Waals surface area (Å²) >= 11 is 0. The molecule has 2 aromatic rings. The molecule has 6 nitrogen and oxygen atoms in total. The minimum Gasteiger partial charge on any atom is -0.367 e. The van der Waals surface area contributed by atoms with Gasteiger partial charge in [0.05, 0.1) is 5.69 Å². The van der Waals surface area contributed by atoms with Gasteiger partial charge < -0.3 is 14.7 Å². The van der Waals surface area contributed by atoms with Crippen molar-refractivity contribution in [3.8, 4) is 6.07 Å². The van der Waals surface area contributed by atoms with Crippen LogP contribution in [0.15, 0.2) is 30.6 Å². The number of piperazine rings is 1. The molecule has 3 heterocycles. The zero-order valence-electron chi connectivity index (χ0n) is 14.6. The zero-order valence-corrected chi connectivity index (χ0v) is 14.6. The minimum atomic E-state index is -0.460. The van der Waals surface area contributed by atoms with E-state index in [0.29, 0.717) is 5.69 Å². The molecule has 2 saturated heterocycles. The third-order valence-corrected chi connectivity index (χ3v) is 5.12. The highest BCUT2D eigenvalue weighted by Crippen LogP contribution is 2.26. The molecule has 7 heteroatoms. The largest absolute Gasteiger partial charge is 0.367 e. The molecule has 0 bridgehead atoms. The second kappa shape index (κ2) is 7.16. The number of nitrogens with zero attached hydrogens (tertiary/aromatic N) is 6. The van der Waals surface area contributed by atoms with Crippen molar-refractivity contribution < 1.29 is 4.39 Å². The smallest absolute Gasteiger partial charge is 0.143 e. The second-order valence-electron chi connectivity index (χ2n) is 6.65. The highest BCUT2D eigenvalue weighted by Gasteiger charge is 2.22. The van der Waals surface area contributed by atoms with Gasteiger partial charge in [-0.15, -0.1) is 0 Å². The van der Waals surface area contributed by atoms with Crippen molar-refractivity contribution in [1.82, 2.24) is 9.97 Å². The first-order chi connectivity index (χ1) is 12.8. The van der Waals surface area contributed by atoms with Gasteiger partial charge in [0.2, 0.25) is 0 Å². The average Bonchev–Trinajstić information content (AvgIpc) is 3.23. The van der Waals surface area contributed by atoms with E-state index in [4.69, 9.17) is 0 Å². The van der Waals surface area contributed by atoms with Crippen LogP contribution >= 0.6 is 0 Å². The van der Waals surface area contributed by atoms with Gasteiger partial charge in [-0.05, 0) is 25.0 Å². The maximum absolute atomic E-state index is 13.9. The van der Waals surface area contributed by atoms with Crippen molar-refractivity contribution in [2.24, 2.45) is 0 Å². The molecule has 2 aliphatic heterocycles. The Balaban J connectivity index is 1.47. The maximum atomic E-state index is 13.9. The lowest BCUT2D eigenvalue weighted by molar-refractivity contribution is 0.615. The fourth-order valence-electron chi connectivity index (χ4n) is 3.69. The molecular formula is C19H21FN6. The van der Waals surface area contributed by atoms with Crippen molar-refractivity contribution in [3.63, 3.8) is 0 Å². The third kappa shape index (κ3) is 3.15. The first kappa shape index (κ1) is 16.6. The van der Waals surface area contributed by atoms with Crippen molar-refractivity contribution >= 4 is 17.3 Å². The van der Waals surface area contributed by atoms with E-state index in [1.165, 1.54) is 18.9 Å². The van der Waals surface area contributed by atoms with Gasteiger partial charge in [-0.3, -0.25) is 0 Å². The third-order valence-electron chi connectivity index (χ3n) is 5.12. The van der Waals surface area contributed by atoms with E-state index in [1.54, 1.807) is 12.4 Å². The van der Waals surface area contributed by atoms with Gasteiger partial charge >= 0.3 is 0 Å². The predicted molar refractivity (Wildman–Crippen MR) is 99.0 cm³/mol. The second-order valence-corrected chi connectivity index (χ2v) is 6.65. The average molecular weight is 352 g/mol. The molecule has 2 aliphatic rings. The van der Waals surface area contributed by atoms with E-state index in [-0.39, 0.29) is 5.56 Å². The maximum Gasteiger partial charge on any atom is 0.143 e. The number of aromatic nitrogens is 2. The number of halogens is 1. The van der Waals surface area contributed by atoms with E-state index < -0.39 is 5.82 Å². The van der Waals surface area contributed by atoms with E-state index in [0.717, 1.165) is 50.9 Å². The lowest BCUT2D eigenvalue weighted by atomic mass is 10.1. The topological polar surface area (TPSA) is 59.3 Å². The number of nitriles is 1. The predicted octanol–water partition coefficient (Wildman–Crippen LogP) is 2.41. The van der Waals surface area contributed by atoms with E-state index in [1.807, 2.05) is 12.1 Å². The molecule has 26 heavy (non-hydrogen) atoms. The molecule has 0 aliphatic carbocycles. The fourth-order valence-corrected chi connectivity index (χ4v) is 3.69. The molecule has 2 fully saturated rings. The molecule has 0 atom stereocenters. The summed E-state index contributed by atoms with van der Waals surface area (Å²) in [7, 11) is 0. The number of hydrogen-bond acceptors (Lipinski definition) is 6. The van der Waals surface area contributed by atoms with Gasteiger partial charge in [-0.2, -0.15) is 5.26 Å². The highest BCUT2D eigenvalue weighted by atomic mass is 19.1. The summed E-state index contributed by atoms with van der Waals surface area (Å²) in [4.78, 5) is 15.4. The molecule has 0 spiro atoms. The van der Waals surface area contributed by atoms with Crippen LogP contribution < -0.4 is 14.7 Å². The molecule has 0 saturated carbocycles. The molecule has 4 rings (SSSR count). The molecule has 0 amide bonds. The quantitative estimate of drug-likeness (QED) is 0.845. The van der Waals surface area contributed by atoms with Crippen LogP contribution in [-0.4, -0.2) is 49.2 Å². The van der Waals surface area contributed by atoms with Crippen LogP contribution in [0.2, 0.25) is 0 Å². The van der Waals surface area contributed by atoms with Crippen LogP contribution in [-0.2, 0) is 0 Å². The number of rotatable bonds is 3. The van der Waals surface area contributed by atoms with Gasteiger partial charge in [0.15, 0.2) is 0 Å². The van der Waals surface area contributed by atoms with Crippen molar-refractivity contribution in [1.29, 1.82) is 5.26 Å². The van der Waals surface area contributed by atoms with Crippen LogP contribution in [0.25, 0.3) is 0 Å². The van der Waals surface area contributed by atoms with Crippen molar-refractivity contribution in [3.05, 3.63) is 42.0 Å². The van der Waals surface area contributed by atoms with Crippen molar-refractivity contribution in [2.45, 2.75) is 12.8 Å². The molecule has 0 radical (unpaired) electrons. The molecular weight excluding hydrogens is 331 g/mol. The number of hydrogen-bond donors (Lipinski definition) is 0. The van der Waals surface area contributed by atoms with Gasteiger partial charge in [0, 0.05) is 45.3 Å². The van der Waals surface area contributed by atoms with Gasteiger partial charge in [0.25, 0.3) is 0 Å². The van der Waals surface area contributed by atoms with Crippen LogP contribution in [0.1, 0.15) is 18.4 Å². The first-order valence-electron chi connectivity index (χ1n) is 9.02. The lowest BCUT2D eigenvalue weighted by Crippen LogP contribution is -2.47. The van der Waals surface area contributed by atoms with Crippen LogP contribution in [0.4, 0.5) is 21.7 Å². The zero-order chi connectivity index (χ0) is 17.9. The van der Waals surface area contributed by atoms with Gasteiger partial charge in [-0.25, -0.2) is 14.4 Å². The Morgan fingerprint density at radius 2 is 1.50 bits per heavy atom. The van der Waals surface area contributed by atoms with E-state index in [2.05, 4.69) is 30.7 Å². The Bertz CT molecular complexity index is 819. The Labute approximate surface area is 152 Å². The SMILES string of the molecule is N#Cc1c(F)cccc1N1CCN(c2cc(N3CCCC3)ncn2)CC1. The molecule has 134 valence electrons. The Hall–Kier alpha value is -2.88. The summed E-state index contributed by atoms with van der Waals surface area (Å²) in [6, 6.07) is 8.85. The van der Waals surface area contributed by atoms with Crippen LogP contribution in [0.3, 0.4) is 0 Å². The standard InChI is InChI=1S/C19H21FN6/c20-16-4-3-5-17(15(16)13-21)24-8-10-26(11-9-24)19-12-18(22-14-23-19)25-6-1-2-7-25/h3-5,12,14H,1-2,6-11H2. The summed E-state index contributed by atoms with van der Waals surface area (Å²) in [5.41, 5.74) is 0.798. The fraction of sp³-hybridized carbons (Fsp3) is 0.421. The number of anilines is 3. The van der Waals surface area contributed by atoms with E-state index in [9.17, 15) is 9.65 Å². The summed E-state index contributed by atoms with van der Waals surface area (Å²) in [5.74, 6) is 1.46. The molecule has 1 aromatic carbocycles. The first-order valence-corrected chi connectivity index (χ1v) is 9.02. The Morgan fingerprint density at radius 1 is 0.885 bits per heavy atom. The highest BCUT2D eigenvalue weighted by molar-refractivity contribution is 5.61. The molecule has 0 N–H and O–H groups in total. The summed E-state index contributed by atoms with van der Waals surface area (Å²) < 4.78 is 13.9. The van der Waals surface area contributed by atoms with Crippen LogP contribution in [0.5, 0.6) is 0 Å². The molecule has 0 unspecified atom stereocenters. The summed E-state index contributed by atoms with van der Waals surface area (Å²) in [5, 5.41) is 9.25. The van der Waals surface area contributed by atoms with Crippen molar-refractivity contribution in [2.75, 3.05) is 54.0 Å². The van der Waals surface area contributed by atoms with Crippen LogP contribution in [0, 0.1) is 17.1 Å². The van der Waals surface area contributed by atoms with Gasteiger partial charge in [0.1, 0.15) is 35.4 Å². The summed E-state index contributed by atoms with van der Waals surface area (Å²) in [6.45, 7) is 5.11.